The maximum atomic E-state index is 10.9. The average molecular weight is 240 g/mol. The summed E-state index contributed by atoms with van der Waals surface area (Å²) in [7, 11) is -4.06. The molecule has 0 aliphatic carbocycles. The van der Waals surface area contributed by atoms with Crippen molar-refractivity contribution in [3.63, 3.8) is 0 Å². The van der Waals surface area contributed by atoms with Crippen LogP contribution in [0.2, 0.25) is 0 Å². The molecule has 8 nitrogen and oxygen atoms in total. The third-order valence-corrected chi connectivity index (χ3v) is 2.43. The van der Waals surface area contributed by atoms with Crippen LogP contribution in [0.25, 0.3) is 0 Å². The molecule has 0 aliphatic heterocycles. The number of carbonyl (C=O) groups excluding carboxylic acids is 1. The Hall–Kier alpha value is -1.19. The molecule has 0 unspecified atom stereocenters. The molecular weight excluding hydrogens is 228 g/mol. The van der Waals surface area contributed by atoms with Gasteiger partial charge < -0.3 is 20.8 Å². The van der Waals surface area contributed by atoms with Crippen molar-refractivity contribution in [1.29, 1.82) is 0 Å². The number of nitrogens with two attached hydrogens (primary N) is 2. The quantitative estimate of drug-likeness (QED) is 0.435. The van der Waals surface area contributed by atoms with Crippen LogP contribution in [0.15, 0.2) is 0 Å². The lowest BCUT2D eigenvalue weighted by Gasteiger charge is -2.08. The summed E-state index contributed by atoms with van der Waals surface area (Å²) in [5, 5.41) is 8.28. The fourth-order valence-electron chi connectivity index (χ4n) is 0.644. The molecule has 0 aromatic heterocycles. The highest BCUT2D eigenvalue weighted by Gasteiger charge is 2.24. The number of rotatable bonds is 6. The molecule has 0 amide bonds. The highest BCUT2D eigenvalue weighted by Crippen LogP contribution is 1.98. The fourth-order valence-corrected chi connectivity index (χ4v) is 1.39. The second kappa shape index (κ2) is 5.63. The summed E-state index contributed by atoms with van der Waals surface area (Å²) in [6.45, 7) is -0.205. The molecule has 9 heteroatoms. The molecule has 0 saturated carbocycles. The minimum absolute atomic E-state index is 0.205. The van der Waals surface area contributed by atoms with Crippen LogP contribution >= 0.6 is 0 Å². The molecule has 0 radical (unpaired) electrons. The van der Waals surface area contributed by atoms with Crippen molar-refractivity contribution in [2.75, 3.05) is 12.3 Å². The van der Waals surface area contributed by atoms with E-state index in [1.807, 2.05) is 0 Å². The summed E-state index contributed by atoms with van der Waals surface area (Å²) in [6.07, 6.45) is -0.697. The van der Waals surface area contributed by atoms with Gasteiger partial charge in [-0.05, 0) is 0 Å². The Morgan fingerprint density at radius 3 is 2.33 bits per heavy atom. The normalized spacial score (nSPS) is 13.2. The van der Waals surface area contributed by atoms with Gasteiger partial charge in [0, 0.05) is 6.54 Å². The van der Waals surface area contributed by atoms with Crippen molar-refractivity contribution in [2.24, 2.45) is 11.5 Å². The Kier molecular flexibility index (Phi) is 5.19. The first kappa shape index (κ1) is 13.8. The molecule has 0 fully saturated rings. The molecule has 0 heterocycles. The Morgan fingerprint density at radius 1 is 1.40 bits per heavy atom. The van der Waals surface area contributed by atoms with Crippen molar-refractivity contribution in [3.8, 4) is 0 Å². The van der Waals surface area contributed by atoms with E-state index in [0.29, 0.717) is 0 Å². The van der Waals surface area contributed by atoms with Crippen LogP contribution in [0.1, 0.15) is 6.42 Å². The van der Waals surface area contributed by atoms with Crippen molar-refractivity contribution in [2.45, 2.75) is 12.5 Å². The minimum Gasteiger partial charge on any atom is -0.481 e. The second-order valence-electron chi connectivity index (χ2n) is 2.66. The first-order valence-electron chi connectivity index (χ1n) is 3.92. The Bertz CT molecular complexity index is 338. The summed E-state index contributed by atoms with van der Waals surface area (Å²) < 4.78 is 25.8. The van der Waals surface area contributed by atoms with Crippen LogP contribution in [0.4, 0.5) is 0 Å². The molecule has 0 aromatic rings. The van der Waals surface area contributed by atoms with E-state index in [-0.39, 0.29) is 6.54 Å². The molecule has 0 spiro atoms. The molecule has 0 aromatic carbocycles. The molecule has 0 bridgehead atoms. The molecule has 0 saturated heterocycles. The van der Waals surface area contributed by atoms with Crippen molar-refractivity contribution < 1.29 is 27.3 Å². The van der Waals surface area contributed by atoms with Gasteiger partial charge in [0.05, 0.1) is 12.2 Å². The number of carbonyl (C=O) groups is 2. The summed E-state index contributed by atoms with van der Waals surface area (Å²) in [6, 6.07) is -1.50. The zero-order valence-electron chi connectivity index (χ0n) is 7.75. The van der Waals surface area contributed by atoms with Crippen molar-refractivity contribution >= 4 is 22.1 Å². The van der Waals surface area contributed by atoms with E-state index in [2.05, 4.69) is 4.18 Å². The van der Waals surface area contributed by atoms with E-state index < -0.39 is 40.3 Å². The summed E-state index contributed by atoms with van der Waals surface area (Å²) in [5.41, 5.74) is 10.0. The fraction of sp³-hybridized carbons (Fsp3) is 0.667. The number of carboxylic acids is 1. The first-order valence-corrected chi connectivity index (χ1v) is 5.49. The number of carboxylic acid groups (broad SMARTS) is 1. The lowest BCUT2D eigenvalue weighted by atomic mass is 10.2. The van der Waals surface area contributed by atoms with Crippen LogP contribution in [0.5, 0.6) is 0 Å². The monoisotopic (exact) mass is 240 g/mol. The minimum atomic E-state index is -4.06. The van der Waals surface area contributed by atoms with Gasteiger partial charge in [-0.25, -0.2) is 4.79 Å². The highest BCUT2D eigenvalue weighted by molar-refractivity contribution is 7.87. The standard InChI is InChI=1S/C6H12N2O6S/c7-1-2-15(12,13)14-6(11)4(8)3-5(9)10/h4H,1-3,7-8H2,(H,9,10)/t4-/m0/s1. The van der Waals surface area contributed by atoms with Crippen LogP contribution in [-0.4, -0.2) is 43.8 Å². The molecule has 88 valence electrons. The maximum absolute atomic E-state index is 10.9. The largest absolute Gasteiger partial charge is 0.481 e. The van der Waals surface area contributed by atoms with E-state index in [1.54, 1.807) is 0 Å². The highest BCUT2D eigenvalue weighted by atomic mass is 32.2. The first-order chi connectivity index (χ1) is 6.78. The number of hydrogen-bond donors (Lipinski definition) is 3. The smallest absolute Gasteiger partial charge is 0.339 e. The van der Waals surface area contributed by atoms with Crippen LogP contribution in [0, 0.1) is 0 Å². The van der Waals surface area contributed by atoms with Crippen molar-refractivity contribution in [1.82, 2.24) is 0 Å². The van der Waals surface area contributed by atoms with Gasteiger partial charge in [0.1, 0.15) is 6.04 Å². The Morgan fingerprint density at radius 2 is 1.93 bits per heavy atom. The number of hydrogen-bond acceptors (Lipinski definition) is 7. The SMILES string of the molecule is NCCS(=O)(=O)OC(=O)[C@@H](N)CC(=O)O. The molecule has 15 heavy (non-hydrogen) atoms. The molecule has 0 aliphatic rings. The molecular formula is C6H12N2O6S. The van der Waals surface area contributed by atoms with Gasteiger partial charge in [-0.15, -0.1) is 0 Å². The number of aliphatic carboxylic acids is 1. The summed E-state index contributed by atoms with van der Waals surface area (Å²) in [5.74, 6) is -3.15. The van der Waals surface area contributed by atoms with E-state index in [0.717, 1.165) is 0 Å². The van der Waals surface area contributed by atoms with Crippen LogP contribution < -0.4 is 11.5 Å². The van der Waals surface area contributed by atoms with E-state index in [4.69, 9.17) is 16.6 Å². The zero-order valence-corrected chi connectivity index (χ0v) is 8.57. The predicted molar refractivity (Wildman–Crippen MR) is 49.2 cm³/mol. The Balaban J connectivity index is 4.30. The van der Waals surface area contributed by atoms with E-state index in [1.165, 1.54) is 0 Å². The van der Waals surface area contributed by atoms with Crippen LogP contribution in [-0.2, 0) is 23.9 Å². The zero-order chi connectivity index (χ0) is 12.1. The van der Waals surface area contributed by atoms with E-state index in [9.17, 15) is 18.0 Å². The average Bonchev–Trinajstić information content (AvgIpc) is 2.01. The second-order valence-corrected chi connectivity index (χ2v) is 4.35. The Labute approximate surface area is 86.3 Å². The van der Waals surface area contributed by atoms with Gasteiger partial charge in [-0.3, -0.25) is 4.79 Å². The van der Waals surface area contributed by atoms with Gasteiger partial charge in [0.25, 0.3) is 0 Å². The van der Waals surface area contributed by atoms with Gasteiger partial charge >= 0.3 is 22.1 Å². The van der Waals surface area contributed by atoms with Gasteiger partial charge in [-0.1, -0.05) is 0 Å². The lowest BCUT2D eigenvalue weighted by Crippen LogP contribution is -2.36. The molecule has 0 rings (SSSR count). The summed E-state index contributed by atoms with van der Waals surface area (Å²) in [4.78, 5) is 21.1. The van der Waals surface area contributed by atoms with Gasteiger partial charge in [-0.2, -0.15) is 8.42 Å². The maximum Gasteiger partial charge on any atom is 0.339 e. The van der Waals surface area contributed by atoms with Gasteiger partial charge in [0.15, 0.2) is 0 Å². The summed E-state index contributed by atoms with van der Waals surface area (Å²) >= 11 is 0. The predicted octanol–water partition coefficient (Wildman–Crippen LogP) is -2.38. The van der Waals surface area contributed by atoms with E-state index >= 15 is 0 Å². The topological polar surface area (TPSA) is 150 Å². The van der Waals surface area contributed by atoms with Gasteiger partial charge in [0.2, 0.25) is 0 Å². The lowest BCUT2D eigenvalue weighted by molar-refractivity contribution is -0.143. The molecule has 1 atom stereocenters. The third kappa shape index (κ3) is 5.99. The van der Waals surface area contributed by atoms with Crippen molar-refractivity contribution in [3.05, 3.63) is 0 Å². The van der Waals surface area contributed by atoms with Crippen LogP contribution in [0.3, 0.4) is 0 Å². The molecule has 5 N–H and O–H groups in total. The third-order valence-electron chi connectivity index (χ3n) is 1.27.